The number of hydrogen-bond acceptors (Lipinski definition) is 1. The summed E-state index contributed by atoms with van der Waals surface area (Å²) in [5.74, 6) is -0.240. The van der Waals surface area contributed by atoms with Gasteiger partial charge in [-0.05, 0) is 58.5 Å². The van der Waals surface area contributed by atoms with E-state index in [-0.39, 0.29) is 12.3 Å². The van der Waals surface area contributed by atoms with Crippen LogP contribution in [0, 0.1) is 3.57 Å². The van der Waals surface area contributed by atoms with Gasteiger partial charge in [0.25, 0.3) is 0 Å². The number of rotatable bonds is 0. The first-order chi connectivity index (χ1) is 11.3. The standard InChI is InChI=1S/C17H10F3IN2O/c18-17(19,20)8-4-5-12-9(6-8)10-7-14(24)22-13-3-1-2-11(21)15(13)16(10)23-12/h1-6,23H,7H2,(H,22,24). The fourth-order valence-corrected chi connectivity index (χ4v) is 3.83. The van der Waals surface area contributed by atoms with Crippen molar-refractivity contribution in [2.24, 2.45) is 0 Å². The number of nitrogens with one attached hydrogen (secondary N) is 2. The Hall–Kier alpha value is -2.03. The van der Waals surface area contributed by atoms with E-state index in [0.717, 1.165) is 21.3 Å². The summed E-state index contributed by atoms with van der Waals surface area (Å²) in [5.41, 5.74) is 2.63. The first-order valence-electron chi connectivity index (χ1n) is 7.15. The van der Waals surface area contributed by atoms with Crippen molar-refractivity contribution in [2.75, 3.05) is 5.32 Å². The lowest BCUT2D eigenvalue weighted by atomic mass is 10.0. The molecule has 1 aromatic heterocycles. The SMILES string of the molecule is O=C1Cc2c([nH]c3ccc(C(F)(F)F)cc23)-c2c(I)cccc2N1. The van der Waals surface area contributed by atoms with Crippen molar-refractivity contribution in [3.05, 3.63) is 51.1 Å². The molecule has 2 heterocycles. The van der Waals surface area contributed by atoms with Gasteiger partial charge in [0.2, 0.25) is 5.91 Å². The molecule has 0 saturated heterocycles. The Morgan fingerprint density at radius 2 is 1.92 bits per heavy atom. The van der Waals surface area contributed by atoms with Gasteiger partial charge in [-0.15, -0.1) is 0 Å². The molecule has 7 heteroatoms. The van der Waals surface area contributed by atoms with Crippen molar-refractivity contribution in [1.82, 2.24) is 4.98 Å². The lowest BCUT2D eigenvalue weighted by Crippen LogP contribution is -2.12. The second-order valence-electron chi connectivity index (χ2n) is 5.62. The van der Waals surface area contributed by atoms with Crippen LogP contribution in [0.5, 0.6) is 0 Å². The Labute approximate surface area is 148 Å². The summed E-state index contributed by atoms with van der Waals surface area (Å²) < 4.78 is 40.0. The van der Waals surface area contributed by atoms with Crippen LogP contribution >= 0.6 is 22.6 Å². The smallest absolute Gasteiger partial charge is 0.354 e. The zero-order chi connectivity index (χ0) is 17.1. The van der Waals surface area contributed by atoms with E-state index in [1.165, 1.54) is 6.07 Å². The Balaban J connectivity index is 2.05. The first kappa shape index (κ1) is 15.5. The second-order valence-corrected chi connectivity index (χ2v) is 6.79. The van der Waals surface area contributed by atoms with Crippen molar-refractivity contribution in [3.8, 4) is 11.3 Å². The van der Waals surface area contributed by atoms with Crippen molar-refractivity contribution in [2.45, 2.75) is 12.6 Å². The predicted molar refractivity (Wildman–Crippen MR) is 93.8 cm³/mol. The molecule has 2 aromatic carbocycles. The molecule has 3 nitrogen and oxygen atoms in total. The second kappa shape index (κ2) is 5.23. The van der Waals surface area contributed by atoms with E-state index in [0.29, 0.717) is 27.8 Å². The number of alkyl halides is 3. The number of amides is 1. The van der Waals surface area contributed by atoms with E-state index in [1.54, 1.807) is 6.07 Å². The Kier molecular flexibility index (Phi) is 3.38. The molecule has 0 bridgehead atoms. The minimum Gasteiger partial charge on any atom is -0.354 e. The highest BCUT2D eigenvalue weighted by Crippen LogP contribution is 2.41. The lowest BCUT2D eigenvalue weighted by molar-refractivity contribution is -0.137. The molecule has 0 aliphatic carbocycles. The maximum atomic E-state index is 13.0. The summed E-state index contributed by atoms with van der Waals surface area (Å²) >= 11 is 2.16. The van der Waals surface area contributed by atoms with Crippen LogP contribution in [0.3, 0.4) is 0 Å². The van der Waals surface area contributed by atoms with Gasteiger partial charge in [-0.2, -0.15) is 13.2 Å². The fraction of sp³-hybridized carbons (Fsp3) is 0.118. The van der Waals surface area contributed by atoms with Crippen molar-refractivity contribution < 1.29 is 18.0 Å². The molecule has 0 atom stereocenters. The van der Waals surface area contributed by atoms with Crippen LogP contribution in [0.1, 0.15) is 11.1 Å². The van der Waals surface area contributed by atoms with Gasteiger partial charge in [-0.3, -0.25) is 4.79 Å². The van der Waals surface area contributed by atoms with E-state index in [4.69, 9.17) is 0 Å². The van der Waals surface area contributed by atoms with Gasteiger partial charge in [0.15, 0.2) is 0 Å². The molecular weight excluding hydrogens is 432 g/mol. The van der Waals surface area contributed by atoms with Gasteiger partial charge in [0.05, 0.1) is 23.4 Å². The third kappa shape index (κ3) is 2.38. The molecule has 4 rings (SSSR count). The summed E-state index contributed by atoms with van der Waals surface area (Å²) in [6.45, 7) is 0. The topological polar surface area (TPSA) is 44.9 Å². The predicted octanol–water partition coefficient (Wildman–Crippen LogP) is 4.95. The van der Waals surface area contributed by atoms with Crippen LogP contribution in [0.15, 0.2) is 36.4 Å². The number of halogens is 4. The molecule has 3 aromatic rings. The molecule has 0 radical (unpaired) electrons. The molecule has 0 saturated carbocycles. The van der Waals surface area contributed by atoms with Crippen LogP contribution < -0.4 is 5.32 Å². The highest BCUT2D eigenvalue weighted by atomic mass is 127. The quantitative estimate of drug-likeness (QED) is 0.476. The van der Waals surface area contributed by atoms with Gasteiger partial charge in [0.1, 0.15) is 0 Å². The van der Waals surface area contributed by atoms with Crippen molar-refractivity contribution in [3.63, 3.8) is 0 Å². The molecule has 0 unspecified atom stereocenters. The van der Waals surface area contributed by atoms with Gasteiger partial charge < -0.3 is 10.3 Å². The summed E-state index contributed by atoms with van der Waals surface area (Å²) in [6.07, 6.45) is -4.39. The van der Waals surface area contributed by atoms with Gasteiger partial charge in [-0.1, -0.05) is 6.07 Å². The van der Waals surface area contributed by atoms with Gasteiger partial charge in [0, 0.05) is 20.0 Å². The fourth-order valence-electron chi connectivity index (χ4n) is 3.06. The lowest BCUT2D eigenvalue weighted by Gasteiger charge is -2.08. The summed E-state index contributed by atoms with van der Waals surface area (Å²) in [6, 6.07) is 9.09. The molecular formula is C17H10F3IN2O. The van der Waals surface area contributed by atoms with E-state index in [9.17, 15) is 18.0 Å². The molecule has 2 N–H and O–H groups in total. The molecule has 0 fully saturated rings. The third-order valence-electron chi connectivity index (χ3n) is 4.11. The minimum absolute atomic E-state index is 0.0292. The van der Waals surface area contributed by atoms with E-state index < -0.39 is 11.7 Å². The van der Waals surface area contributed by atoms with Gasteiger partial charge >= 0.3 is 6.18 Å². The number of carbonyl (C=O) groups is 1. The Morgan fingerprint density at radius 3 is 2.67 bits per heavy atom. The summed E-state index contributed by atoms with van der Waals surface area (Å²) in [4.78, 5) is 15.4. The maximum absolute atomic E-state index is 13.0. The van der Waals surface area contributed by atoms with E-state index in [1.807, 2.05) is 12.1 Å². The van der Waals surface area contributed by atoms with Crippen LogP contribution in [-0.2, 0) is 17.4 Å². The minimum atomic E-state index is -4.42. The Morgan fingerprint density at radius 1 is 1.12 bits per heavy atom. The number of benzene rings is 2. The maximum Gasteiger partial charge on any atom is 0.416 e. The van der Waals surface area contributed by atoms with Crippen molar-refractivity contribution in [1.29, 1.82) is 0 Å². The van der Waals surface area contributed by atoms with Crippen LogP contribution in [0.25, 0.3) is 22.2 Å². The number of hydrogen-bond donors (Lipinski definition) is 2. The number of fused-ring (bicyclic) bond motifs is 5. The van der Waals surface area contributed by atoms with Gasteiger partial charge in [-0.25, -0.2) is 0 Å². The number of H-pyrrole nitrogens is 1. The highest BCUT2D eigenvalue weighted by molar-refractivity contribution is 14.1. The van der Waals surface area contributed by atoms with Crippen LogP contribution in [-0.4, -0.2) is 10.9 Å². The zero-order valence-corrected chi connectivity index (χ0v) is 14.2. The number of carbonyl (C=O) groups excluding carboxylic acids is 1. The average molecular weight is 442 g/mol. The number of aromatic nitrogens is 1. The first-order valence-corrected chi connectivity index (χ1v) is 8.23. The van der Waals surface area contributed by atoms with Crippen LogP contribution in [0.2, 0.25) is 0 Å². The number of aromatic amines is 1. The monoisotopic (exact) mass is 442 g/mol. The molecule has 1 aliphatic rings. The van der Waals surface area contributed by atoms with E-state index in [2.05, 4.69) is 32.9 Å². The highest BCUT2D eigenvalue weighted by Gasteiger charge is 2.32. The summed E-state index contributed by atoms with van der Waals surface area (Å²) in [5, 5.41) is 3.25. The third-order valence-corrected chi connectivity index (χ3v) is 5.01. The van der Waals surface area contributed by atoms with E-state index >= 15 is 0 Å². The normalized spacial score (nSPS) is 14.1. The molecule has 1 aliphatic heterocycles. The molecule has 122 valence electrons. The van der Waals surface area contributed by atoms with Crippen LogP contribution in [0.4, 0.5) is 18.9 Å². The largest absolute Gasteiger partial charge is 0.416 e. The average Bonchev–Trinajstić information content (AvgIpc) is 2.76. The molecule has 1 amide bonds. The summed E-state index contributed by atoms with van der Waals surface area (Å²) in [7, 11) is 0. The molecule has 24 heavy (non-hydrogen) atoms. The zero-order valence-electron chi connectivity index (χ0n) is 12.1. The van der Waals surface area contributed by atoms with Crippen molar-refractivity contribution >= 4 is 45.1 Å². The molecule has 0 spiro atoms. The Bertz CT molecular complexity index is 991. The number of anilines is 1.